The number of hydrogen-bond acceptors (Lipinski definition) is 5. The summed E-state index contributed by atoms with van der Waals surface area (Å²) in [5, 5.41) is 9.49. The van der Waals surface area contributed by atoms with Gasteiger partial charge in [0.25, 0.3) is 5.91 Å². The zero-order chi connectivity index (χ0) is 18.1. The van der Waals surface area contributed by atoms with Gasteiger partial charge in [0, 0.05) is 24.4 Å². The van der Waals surface area contributed by atoms with Gasteiger partial charge in [0.2, 0.25) is 5.91 Å². The molecule has 2 amide bonds. The van der Waals surface area contributed by atoms with Crippen molar-refractivity contribution in [3.05, 3.63) is 33.5 Å². The van der Waals surface area contributed by atoms with E-state index in [9.17, 15) is 9.59 Å². The van der Waals surface area contributed by atoms with Gasteiger partial charge in [-0.1, -0.05) is 6.92 Å². The van der Waals surface area contributed by atoms with E-state index in [0.717, 1.165) is 60.7 Å². The summed E-state index contributed by atoms with van der Waals surface area (Å²) in [4.78, 5) is 32.7. The maximum atomic E-state index is 12.7. The molecule has 0 aliphatic carbocycles. The summed E-state index contributed by atoms with van der Waals surface area (Å²) >= 11 is 1.62. The van der Waals surface area contributed by atoms with Gasteiger partial charge in [0.05, 0.1) is 18.2 Å². The van der Waals surface area contributed by atoms with Crippen molar-refractivity contribution in [3.63, 3.8) is 0 Å². The second-order valence-corrected chi connectivity index (χ2v) is 7.81. The fourth-order valence-corrected chi connectivity index (χ4v) is 4.59. The van der Waals surface area contributed by atoms with Crippen LogP contribution in [0.5, 0.6) is 0 Å². The van der Waals surface area contributed by atoms with Crippen LogP contribution in [0.1, 0.15) is 59.1 Å². The number of hydrogen-bond donors (Lipinski definition) is 1. The number of rotatable bonds is 4. The first-order valence-corrected chi connectivity index (χ1v) is 10.1. The molecule has 0 saturated carbocycles. The molecule has 0 saturated heterocycles. The van der Waals surface area contributed by atoms with E-state index in [4.69, 9.17) is 0 Å². The molecule has 0 aromatic carbocycles. The largest absolute Gasteiger partial charge is 0.345 e. The SMILES string of the molecule is CCc1nc2n(n1)CCCC2NC(=O)CN1CCCc2sccc2C1=O. The minimum absolute atomic E-state index is 0.0334. The third-order valence-electron chi connectivity index (χ3n) is 5.00. The van der Waals surface area contributed by atoms with E-state index in [1.165, 1.54) is 0 Å². The molecule has 4 heterocycles. The second-order valence-electron chi connectivity index (χ2n) is 6.81. The van der Waals surface area contributed by atoms with Crippen LogP contribution in [0.25, 0.3) is 0 Å². The lowest BCUT2D eigenvalue weighted by Crippen LogP contribution is -2.43. The van der Waals surface area contributed by atoms with Crippen molar-refractivity contribution in [1.29, 1.82) is 0 Å². The average Bonchev–Trinajstić information content (AvgIpc) is 3.24. The summed E-state index contributed by atoms with van der Waals surface area (Å²) in [7, 11) is 0. The van der Waals surface area contributed by atoms with Crippen LogP contribution >= 0.6 is 11.3 Å². The van der Waals surface area contributed by atoms with Crippen LogP contribution in [-0.4, -0.2) is 44.6 Å². The summed E-state index contributed by atoms with van der Waals surface area (Å²) in [6.07, 6.45) is 4.40. The summed E-state index contributed by atoms with van der Waals surface area (Å²) in [5.41, 5.74) is 0.755. The average molecular weight is 373 g/mol. The lowest BCUT2D eigenvalue weighted by molar-refractivity contribution is -0.122. The van der Waals surface area contributed by atoms with E-state index >= 15 is 0 Å². The van der Waals surface area contributed by atoms with Crippen LogP contribution in [0.15, 0.2) is 11.4 Å². The number of nitrogens with one attached hydrogen (secondary N) is 1. The topological polar surface area (TPSA) is 80.1 Å². The normalized spacial score (nSPS) is 19.7. The molecule has 1 unspecified atom stereocenters. The van der Waals surface area contributed by atoms with Crippen LogP contribution in [0.3, 0.4) is 0 Å². The molecule has 2 aromatic heterocycles. The van der Waals surface area contributed by atoms with Crippen molar-refractivity contribution in [3.8, 4) is 0 Å². The molecule has 0 bridgehead atoms. The van der Waals surface area contributed by atoms with Crippen molar-refractivity contribution in [1.82, 2.24) is 25.0 Å². The van der Waals surface area contributed by atoms with E-state index in [1.54, 1.807) is 16.2 Å². The Bertz CT molecular complexity index is 827. The molecule has 2 aliphatic rings. The molecule has 138 valence electrons. The Morgan fingerprint density at radius 2 is 2.27 bits per heavy atom. The van der Waals surface area contributed by atoms with Crippen LogP contribution in [0, 0.1) is 0 Å². The van der Waals surface area contributed by atoms with Crippen molar-refractivity contribution < 1.29 is 9.59 Å². The van der Waals surface area contributed by atoms with Crippen molar-refractivity contribution in [2.75, 3.05) is 13.1 Å². The molecule has 2 aromatic rings. The first-order valence-electron chi connectivity index (χ1n) is 9.24. The number of nitrogens with zero attached hydrogens (tertiary/aromatic N) is 4. The maximum absolute atomic E-state index is 12.7. The van der Waals surface area contributed by atoms with E-state index < -0.39 is 0 Å². The highest BCUT2D eigenvalue weighted by atomic mass is 32.1. The van der Waals surface area contributed by atoms with Gasteiger partial charge in [-0.25, -0.2) is 9.67 Å². The van der Waals surface area contributed by atoms with Gasteiger partial charge in [0.1, 0.15) is 5.82 Å². The molecule has 7 nitrogen and oxygen atoms in total. The molecule has 0 fully saturated rings. The maximum Gasteiger partial charge on any atom is 0.255 e. The second kappa shape index (κ2) is 7.19. The van der Waals surface area contributed by atoms with Crippen molar-refractivity contribution in [2.24, 2.45) is 0 Å². The number of amides is 2. The van der Waals surface area contributed by atoms with Crippen LogP contribution in [0.4, 0.5) is 0 Å². The molecule has 2 aliphatic heterocycles. The van der Waals surface area contributed by atoms with Gasteiger partial charge in [-0.2, -0.15) is 5.10 Å². The van der Waals surface area contributed by atoms with E-state index in [2.05, 4.69) is 15.4 Å². The summed E-state index contributed by atoms with van der Waals surface area (Å²) in [6, 6.07) is 1.75. The van der Waals surface area contributed by atoms with Crippen molar-refractivity contribution in [2.45, 2.75) is 51.6 Å². The Hall–Kier alpha value is -2.22. The molecular weight excluding hydrogens is 350 g/mol. The summed E-state index contributed by atoms with van der Waals surface area (Å²) < 4.78 is 1.90. The Kier molecular flexibility index (Phi) is 4.76. The quantitative estimate of drug-likeness (QED) is 0.888. The first-order chi connectivity index (χ1) is 12.7. The standard InChI is InChI=1S/C18H23N5O2S/c1-2-15-20-17-13(5-3-9-23(17)21-15)19-16(24)11-22-8-4-6-14-12(18(22)25)7-10-26-14/h7,10,13H,2-6,8-9,11H2,1H3,(H,19,24). The van der Waals surface area contributed by atoms with Crippen LogP contribution in [-0.2, 0) is 24.2 Å². The number of carbonyl (C=O) groups is 2. The third-order valence-corrected chi connectivity index (χ3v) is 5.98. The molecule has 1 atom stereocenters. The third kappa shape index (κ3) is 3.25. The number of fused-ring (bicyclic) bond motifs is 2. The van der Waals surface area contributed by atoms with Gasteiger partial charge in [-0.15, -0.1) is 11.3 Å². The van der Waals surface area contributed by atoms with Gasteiger partial charge in [-0.05, 0) is 37.1 Å². The fraction of sp³-hybridized carbons (Fsp3) is 0.556. The molecule has 26 heavy (non-hydrogen) atoms. The first kappa shape index (κ1) is 17.2. The number of carbonyl (C=O) groups excluding carboxylic acids is 2. The smallest absolute Gasteiger partial charge is 0.255 e. The Morgan fingerprint density at radius 1 is 1.38 bits per heavy atom. The minimum atomic E-state index is -0.128. The summed E-state index contributed by atoms with van der Waals surface area (Å²) in [5.74, 6) is 1.49. The highest BCUT2D eigenvalue weighted by Crippen LogP contribution is 2.25. The van der Waals surface area contributed by atoms with Gasteiger partial charge in [-0.3, -0.25) is 9.59 Å². The van der Waals surface area contributed by atoms with Gasteiger partial charge in [0.15, 0.2) is 5.82 Å². The summed E-state index contributed by atoms with van der Waals surface area (Å²) in [6.45, 7) is 3.59. The van der Waals surface area contributed by atoms with Crippen LogP contribution in [0.2, 0.25) is 0 Å². The lowest BCUT2D eigenvalue weighted by atomic mass is 10.1. The van der Waals surface area contributed by atoms with Gasteiger partial charge < -0.3 is 10.2 Å². The molecule has 0 spiro atoms. The zero-order valence-electron chi connectivity index (χ0n) is 14.9. The predicted octanol–water partition coefficient (Wildman–Crippen LogP) is 1.94. The fourth-order valence-electron chi connectivity index (χ4n) is 3.68. The zero-order valence-corrected chi connectivity index (χ0v) is 15.7. The van der Waals surface area contributed by atoms with Gasteiger partial charge >= 0.3 is 0 Å². The Labute approximate surface area is 156 Å². The Morgan fingerprint density at radius 3 is 3.12 bits per heavy atom. The molecular formula is C18H23N5O2S. The van der Waals surface area contributed by atoms with E-state index in [1.807, 2.05) is 23.1 Å². The van der Waals surface area contributed by atoms with E-state index in [0.29, 0.717) is 6.54 Å². The molecule has 4 rings (SSSR count). The minimum Gasteiger partial charge on any atom is -0.345 e. The molecule has 0 radical (unpaired) electrons. The van der Waals surface area contributed by atoms with Crippen LogP contribution < -0.4 is 5.32 Å². The highest BCUT2D eigenvalue weighted by Gasteiger charge is 2.28. The number of aryl methyl sites for hydroxylation is 3. The highest BCUT2D eigenvalue weighted by molar-refractivity contribution is 7.10. The Balaban J connectivity index is 1.43. The number of aromatic nitrogens is 3. The predicted molar refractivity (Wildman–Crippen MR) is 98.1 cm³/mol. The molecule has 8 heteroatoms. The van der Waals surface area contributed by atoms with Crippen molar-refractivity contribution >= 4 is 23.2 Å². The molecule has 1 N–H and O–H groups in total. The van der Waals surface area contributed by atoms with E-state index in [-0.39, 0.29) is 24.4 Å². The number of thiophene rings is 1. The lowest BCUT2D eigenvalue weighted by Gasteiger charge is -2.25. The monoisotopic (exact) mass is 373 g/mol.